The Morgan fingerprint density at radius 3 is 2.33 bits per heavy atom. The monoisotopic (exact) mass is 362 g/mol. The van der Waals surface area contributed by atoms with Crippen LogP contribution in [0.4, 0.5) is 5.95 Å². The number of hydrogen-bond acceptors (Lipinski definition) is 6. The number of thioether (sulfide) groups is 1. The molecule has 1 heterocycles. The molecule has 0 aliphatic rings. The molecular weight excluding hydrogens is 348 g/mol. The third kappa shape index (κ3) is 3.87. The maximum absolute atomic E-state index is 12.3. The van der Waals surface area contributed by atoms with E-state index in [0.717, 1.165) is 0 Å². The average Bonchev–Trinajstić information content (AvgIpc) is 3.03. The highest BCUT2D eigenvalue weighted by Crippen LogP contribution is 2.23. The number of nitrogens with zero attached hydrogens (tertiary/aromatic N) is 2. The number of benzene rings is 2. The van der Waals surface area contributed by atoms with Crippen molar-refractivity contribution in [2.75, 3.05) is 11.0 Å². The van der Waals surface area contributed by atoms with Gasteiger partial charge >= 0.3 is 0 Å². The molecule has 0 bridgehead atoms. The van der Waals surface area contributed by atoms with E-state index in [0.29, 0.717) is 16.7 Å². The number of para-hydroxylation sites is 1. The van der Waals surface area contributed by atoms with Crippen LogP contribution in [-0.2, 0) is 10.0 Å². The summed E-state index contributed by atoms with van der Waals surface area (Å²) in [5.74, 6) is 1.30. The van der Waals surface area contributed by atoms with Crippen LogP contribution in [0.2, 0.25) is 0 Å². The van der Waals surface area contributed by atoms with Gasteiger partial charge in [0.25, 0.3) is 10.0 Å². The zero-order valence-electron chi connectivity index (χ0n) is 12.6. The van der Waals surface area contributed by atoms with Gasteiger partial charge < -0.3 is 4.74 Å². The Morgan fingerprint density at radius 1 is 1.04 bits per heavy atom. The molecule has 3 aromatic rings. The Labute approximate surface area is 143 Å². The first kappa shape index (κ1) is 16.3. The first-order valence-corrected chi connectivity index (χ1v) is 9.60. The van der Waals surface area contributed by atoms with Gasteiger partial charge in [-0.3, -0.25) is 0 Å². The molecule has 0 unspecified atom stereocenters. The molecule has 0 spiro atoms. The molecule has 7 nitrogen and oxygen atoms in total. The predicted molar refractivity (Wildman–Crippen MR) is 91.9 cm³/mol. The molecule has 0 amide bonds. The SMILES string of the molecule is CSc1n[nH]c(NS(=O)(=O)c2ccc(Oc3ccccc3)cc2)n1. The molecule has 0 saturated heterocycles. The van der Waals surface area contributed by atoms with Crippen LogP contribution in [0.5, 0.6) is 11.5 Å². The maximum atomic E-state index is 12.3. The Kier molecular flexibility index (Phi) is 4.72. The molecule has 2 N–H and O–H groups in total. The molecule has 0 saturated carbocycles. The lowest BCUT2D eigenvalue weighted by Gasteiger charge is -2.07. The zero-order valence-corrected chi connectivity index (χ0v) is 14.3. The van der Waals surface area contributed by atoms with E-state index in [1.165, 1.54) is 23.9 Å². The van der Waals surface area contributed by atoms with E-state index in [1.807, 2.05) is 30.3 Å². The molecule has 0 radical (unpaired) electrons. The van der Waals surface area contributed by atoms with Gasteiger partial charge in [-0.25, -0.2) is 18.2 Å². The van der Waals surface area contributed by atoms with E-state index in [4.69, 9.17) is 4.74 Å². The number of aromatic amines is 1. The smallest absolute Gasteiger partial charge is 0.264 e. The number of anilines is 1. The van der Waals surface area contributed by atoms with Crippen LogP contribution in [0, 0.1) is 0 Å². The quantitative estimate of drug-likeness (QED) is 0.654. The lowest BCUT2D eigenvalue weighted by molar-refractivity contribution is 0.482. The van der Waals surface area contributed by atoms with Crippen molar-refractivity contribution in [1.29, 1.82) is 0 Å². The normalized spacial score (nSPS) is 11.2. The number of ether oxygens (including phenoxy) is 1. The van der Waals surface area contributed by atoms with Gasteiger partial charge in [-0.05, 0) is 42.7 Å². The molecule has 0 atom stereocenters. The van der Waals surface area contributed by atoms with E-state index in [-0.39, 0.29) is 10.8 Å². The second-order valence-corrected chi connectivity index (χ2v) is 7.12. The summed E-state index contributed by atoms with van der Waals surface area (Å²) >= 11 is 1.31. The summed E-state index contributed by atoms with van der Waals surface area (Å²) in [6.07, 6.45) is 1.80. The van der Waals surface area contributed by atoms with E-state index < -0.39 is 10.0 Å². The van der Waals surface area contributed by atoms with Crippen molar-refractivity contribution in [3.05, 3.63) is 54.6 Å². The van der Waals surface area contributed by atoms with Crippen LogP contribution in [0.15, 0.2) is 64.6 Å². The lowest BCUT2D eigenvalue weighted by atomic mass is 10.3. The fourth-order valence-corrected chi connectivity index (χ4v) is 3.16. The lowest BCUT2D eigenvalue weighted by Crippen LogP contribution is -2.13. The average molecular weight is 362 g/mol. The largest absolute Gasteiger partial charge is 0.457 e. The van der Waals surface area contributed by atoms with Crippen molar-refractivity contribution >= 4 is 27.7 Å². The molecule has 124 valence electrons. The van der Waals surface area contributed by atoms with Gasteiger partial charge in [0, 0.05) is 0 Å². The molecule has 24 heavy (non-hydrogen) atoms. The Balaban J connectivity index is 1.74. The summed E-state index contributed by atoms with van der Waals surface area (Å²) in [5, 5.41) is 6.84. The molecule has 2 aromatic carbocycles. The van der Waals surface area contributed by atoms with Gasteiger partial charge in [-0.2, -0.15) is 4.98 Å². The minimum atomic E-state index is -3.75. The number of hydrogen-bond donors (Lipinski definition) is 2. The minimum absolute atomic E-state index is 0.0731. The maximum Gasteiger partial charge on any atom is 0.264 e. The number of aromatic nitrogens is 3. The molecule has 0 fully saturated rings. The van der Waals surface area contributed by atoms with Crippen LogP contribution >= 0.6 is 11.8 Å². The van der Waals surface area contributed by atoms with Gasteiger partial charge in [0.2, 0.25) is 11.1 Å². The van der Waals surface area contributed by atoms with E-state index in [2.05, 4.69) is 19.9 Å². The summed E-state index contributed by atoms with van der Waals surface area (Å²) < 4.78 is 32.6. The topological polar surface area (TPSA) is 97.0 Å². The number of sulfonamides is 1. The van der Waals surface area contributed by atoms with Crippen LogP contribution < -0.4 is 9.46 Å². The van der Waals surface area contributed by atoms with Gasteiger partial charge in [-0.15, -0.1) is 5.10 Å². The van der Waals surface area contributed by atoms with Crippen LogP contribution in [0.25, 0.3) is 0 Å². The molecule has 3 rings (SSSR count). The van der Waals surface area contributed by atoms with Gasteiger partial charge in [0.05, 0.1) is 4.90 Å². The van der Waals surface area contributed by atoms with Crippen LogP contribution in [0.1, 0.15) is 0 Å². The van der Waals surface area contributed by atoms with Crippen LogP contribution in [-0.4, -0.2) is 29.9 Å². The molecular formula is C15H14N4O3S2. The number of H-pyrrole nitrogens is 1. The van der Waals surface area contributed by atoms with Crippen molar-refractivity contribution in [3.8, 4) is 11.5 Å². The zero-order chi connectivity index (χ0) is 17.0. The van der Waals surface area contributed by atoms with Crippen molar-refractivity contribution < 1.29 is 13.2 Å². The summed E-state index contributed by atoms with van der Waals surface area (Å²) in [7, 11) is -3.75. The van der Waals surface area contributed by atoms with Crippen molar-refractivity contribution in [2.24, 2.45) is 0 Å². The Bertz CT molecular complexity index is 909. The van der Waals surface area contributed by atoms with Crippen molar-refractivity contribution in [2.45, 2.75) is 10.1 Å². The summed E-state index contributed by atoms with van der Waals surface area (Å²) in [6.45, 7) is 0. The van der Waals surface area contributed by atoms with Gasteiger partial charge in [0.15, 0.2) is 0 Å². The highest BCUT2D eigenvalue weighted by atomic mass is 32.2. The minimum Gasteiger partial charge on any atom is -0.457 e. The molecule has 1 aromatic heterocycles. The second-order valence-electron chi connectivity index (χ2n) is 4.66. The first-order chi connectivity index (χ1) is 11.6. The Hall–Kier alpha value is -2.52. The molecule has 0 aliphatic heterocycles. The van der Waals surface area contributed by atoms with E-state index in [9.17, 15) is 8.42 Å². The Morgan fingerprint density at radius 2 is 1.71 bits per heavy atom. The third-order valence-electron chi connectivity index (χ3n) is 2.99. The van der Waals surface area contributed by atoms with Crippen LogP contribution in [0.3, 0.4) is 0 Å². The van der Waals surface area contributed by atoms with Gasteiger partial charge in [0.1, 0.15) is 11.5 Å². The summed E-state index contributed by atoms with van der Waals surface area (Å²) in [6, 6.07) is 15.4. The van der Waals surface area contributed by atoms with Crippen molar-refractivity contribution in [3.63, 3.8) is 0 Å². The third-order valence-corrected chi connectivity index (χ3v) is 4.89. The first-order valence-electron chi connectivity index (χ1n) is 6.89. The predicted octanol–water partition coefficient (Wildman–Crippen LogP) is 3.12. The second kappa shape index (κ2) is 6.93. The summed E-state index contributed by atoms with van der Waals surface area (Å²) in [5.41, 5.74) is 0. The molecule has 9 heteroatoms. The van der Waals surface area contributed by atoms with Gasteiger partial charge in [-0.1, -0.05) is 30.0 Å². The number of nitrogens with one attached hydrogen (secondary N) is 2. The highest BCUT2D eigenvalue weighted by molar-refractivity contribution is 7.98. The summed E-state index contributed by atoms with van der Waals surface area (Å²) in [4.78, 5) is 4.10. The van der Waals surface area contributed by atoms with Crippen molar-refractivity contribution in [1.82, 2.24) is 15.2 Å². The standard InChI is InChI=1S/C15H14N4O3S2/c1-23-15-16-14(17-18-15)19-24(20,21)13-9-7-12(8-10-13)22-11-5-3-2-4-6-11/h2-10H,1H3,(H2,16,17,18,19). The fourth-order valence-electron chi connectivity index (χ4n) is 1.88. The fraction of sp³-hybridized carbons (Fsp3) is 0.0667. The van der Waals surface area contributed by atoms with E-state index >= 15 is 0 Å². The van der Waals surface area contributed by atoms with E-state index in [1.54, 1.807) is 18.4 Å². The molecule has 0 aliphatic carbocycles. The number of rotatable bonds is 6. The highest BCUT2D eigenvalue weighted by Gasteiger charge is 2.16.